The Morgan fingerprint density at radius 1 is 1.08 bits per heavy atom. The molecule has 1 N–H and O–H groups in total. The van der Waals surface area contributed by atoms with Gasteiger partial charge in [-0.15, -0.1) is 11.3 Å². The van der Waals surface area contributed by atoms with E-state index in [-0.39, 0.29) is 29.9 Å². The van der Waals surface area contributed by atoms with E-state index in [0.29, 0.717) is 18.8 Å². The van der Waals surface area contributed by atoms with Crippen molar-refractivity contribution in [3.8, 4) is 16.2 Å². The number of nitrogens with zero attached hydrogens (tertiary/aromatic N) is 2. The summed E-state index contributed by atoms with van der Waals surface area (Å²) in [5.41, 5.74) is 3.12. The van der Waals surface area contributed by atoms with E-state index in [9.17, 15) is 21.6 Å². The maximum atomic E-state index is 13.7. The molecule has 0 radical (unpaired) electrons. The van der Waals surface area contributed by atoms with Crippen molar-refractivity contribution in [1.82, 2.24) is 14.1 Å². The highest BCUT2D eigenvalue weighted by Crippen LogP contribution is 2.34. The molecule has 1 amide bonds. The van der Waals surface area contributed by atoms with Gasteiger partial charge >= 0.3 is 0 Å². The number of carbonyl (C=O) groups is 1. The van der Waals surface area contributed by atoms with Crippen molar-refractivity contribution in [2.45, 2.75) is 55.8 Å². The Labute approximate surface area is 227 Å². The van der Waals surface area contributed by atoms with Crippen molar-refractivity contribution in [1.29, 1.82) is 0 Å². The first-order valence-electron chi connectivity index (χ1n) is 12.4. The van der Waals surface area contributed by atoms with Gasteiger partial charge in [-0.05, 0) is 68.7 Å². The van der Waals surface area contributed by atoms with Gasteiger partial charge in [-0.25, -0.2) is 27.2 Å². The normalized spacial score (nSPS) is 21.9. The van der Waals surface area contributed by atoms with E-state index in [0.717, 1.165) is 49.5 Å². The maximum absolute atomic E-state index is 13.7. The first-order valence-corrected chi connectivity index (χ1v) is 16.5. The summed E-state index contributed by atoms with van der Waals surface area (Å²) >= 11 is 1.08. The summed E-state index contributed by atoms with van der Waals surface area (Å²) in [6.07, 6.45) is 2.79. The molecule has 0 spiro atoms. The van der Waals surface area contributed by atoms with Crippen molar-refractivity contribution in [2.24, 2.45) is 0 Å². The third-order valence-corrected chi connectivity index (χ3v) is 10.9. The second kappa shape index (κ2) is 12.0. The molecule has 2 unspecified atom stereocenters. The summed E-state index contributed by atoms with van der Waals surface area (Å²) in [7, 11) is -7.77. The predicted molar refractivity (Wildman–Crippen MR) is 142 cm³/mol. The minimum atomic E-state index is -4.12. The van der Waals surface area contributed by atoms with E-state index in [1.807, 2.05) is 38.1 Å². The highest BCUT2D eigenvalue weighted by Gasteiger charge is 2.43. The van der Waals surface area contributed by atoms with Crippen LogP contribution in [0.1, 0.15) is 33.1 Å². The monoisotopic (exact) mass is 587 g/mol. The number of hydrogen-bond donors (Lipinski definition) is 1. The molecular weight excluding hydrogens is 554 g/mol. The van der Waals surface area contributed by atoms with Crippen LogP contribution < -0.4 is 10.2 Å². The van der Waals surface area contributed by atoms with Crippen molar-refractivity contribution >= 4 is 37.3 Å². The molecule has 2 aliphatic heterocycles. The molecule has 210 valence electrons. The van der Waals surface area contributed by atoms with Gasteiger partial charge in [-0.2, -0.15) is 8.61 Å². The molecule has 11 nitrogen and oxygen atoms in total. The summed E-state index contributed by atoms with van der Waals surface area (Å²) in [4.78, 5) is 19.2. The van der Waals surface area contributed by atoms with Gasteiger partial charge < -0.3 is 9.47 Å². The molecule has 1 aromatic carbocycles. The minimum Gasteiger partial charge on any atom is -0.491 e. The van der Waals surface area contributed by atoms with Crippen LogP contribution in [-0.4, -0.2) is 82.3 Å². The van der Waals surface area contributed by atoms with Crippen LogP contribution in [0.2, 0.25) is 0 Å². The summed E-state index contributed by atoms with van der Waals surface area (Å²) in [6, 6.07) is 9.25. The first kappa shape index (κ1) is 28.9. The summed E-state index contributed by atoms with van der Waals surface area (Å²) < 4.78 is 65.1. The van der Waals surface area contributed by atoms with Crippen molar-refractivity contribution in [3.63, 3.8) is 0 Å². The van der Waals surface area contributed by atoms with E-state index >= 15 is 0 Å². The predicted octanol–water partition coefficient (Wildman–Crippen LogP) is 2.41. The van der Waals surface area contributed by atoms with Crippen LogP contribution in [0.15, 0.2) is 40.6 Å². The summed E-state index contributed by atoms with van der Waals surface area (Å²) in [5, 5.41) is 0. The SMILES string of the molecule is CC(C)Oc1ccc(-c2ccc(S(=O)(=O)N3CCN(S(C)(=O)=O)CC3C(=O)NOC3CCCCO3)s2)cc1. The molecule has 2 aromatic rings. The highest BCUT2D eigenvalue weighted by atomic mass is 32.2. The Hall–Kier alpha value is -2.07. The van der Waals surface area contributed by atoms with Gasteiger partial charge in [0.25, 0.3) is 15.9 Å². The fourth-order valence-electron chi connectivity index (χ4n) is 4.24. The van der Waals surface area contributed by atoms with Crippen LogP contribution in [0.25, 0.3) is 10.4 Å². The average molecular weight is 588 g/mol. The molecule has 3 heterocycles. The number of thiophene rings is 1. The second-order valence-electron chi connectivity index (χ2n) is 9.44. The van der Waals surface area contributed by atoms with Crippen LogP contribution in [0.5, 0.6) is 5.75 Å². The molecule has 2 atom stereocenters. The quantitative estimate of drug-likeness (QED) is 0.443. The Kier molecular flexibility index (Phi) is 9.12. The smallest absolute Gasteiger partial charge is 0.263 e. The van der Waals surface area contributed by atoms with Crippen LogP contribution >= 0.6 is 11.3 Å². The average Bonchev–Trinajstić information content (AvgIpc) is 3.38. The number of amides is 1. The molecule has 38 heavy (non-hydrogen) atoms. The molecular formula is C24H33N3O8S3. The second-order valence-corrected chi connectivity index (χ2v) is 14.6. The van der Waals surface area contributed by atoms with Gasteiger partial charge in [0.15, 0.2) is 6.29 Å². The number of ether oxygens (including phenoxy) is 2. The largest absolute Gasteiger partial charge is 0.491 e. The first-order chi connectivity index (χ1) is 17.9. The van der Waals surface area contributed by atoms with Crippen molar-refractivity contribution in [3.05, 3.63) is 36.4 Å². The van der Waals surface area contributed by atoms with Gasteiger partial charge in [0.05, 0.1) is 12.4 Å². The van der Waals surface area contributed by atoms with Crippen molar-refractivity contribution < 1.29 is 35.9 Å². The van der Waals surface area contributed by atoms with Gasteiger partial charge in [0, 0.05) is 37.5 Å². The molecule has 14 heteroatoms. The van der Waals surface area contributed by atoms with Crippen LogP contribution in [0, 0.1) is 0 Å². The number of carbonyl (C=O) groups excluding carboxylic acids is 1. The zero-order valence-corrected chi connectivity index (χ0v) is 24.0. The number of piperazine rings is 1. The molecule has 1 aromatic heterocycles. The number of rotatable bonds is 9. The van der Waals surface area contributed by atoms with E-state index in [4.69, 9.17) is 14.3 Å². The summed E-state index contributed by atoms with van der Waals surface area (Å²) in [6.45, 7) is 3.80. The Balaban J connectivity index is 1.54. The van der Waals surface area contributed by atoms with E-state index < -0.39 is 38.3 Å². The lowest BCUT2D eigenvalue weighted by Gasteiger charge is -2.38. The minimum absolute atomic E-state index is 0.0354. The Bertz CT molecular complexity index is 1320. The van der Waals surface area contributed by atoms with Crippen molar-refractivity contribution in [2.75, 3.05) is 32.5 Å². The zero-order valence-electron chi connectivity index (χ0n) is 21.5. The number of sulfonamides is 2. The van der Waals surface area contributed by atoms with Crippen LogP contribution in [0.3, 0.4) is 0 Å². The molecule has 0 aliphatic carbocycles. The number of nitrogens with one attached hydrogen (secondary N) is 1. The van der Waals surface area contributed by atoms with Gasteiger partial charge in [-0.1, -0.05) is 0 Å². The van der Waals surface area contributed by atoms with Crippen LogP contribution in [0.4, 0.5) is 0 Å². The molecule has 4 rings (SSSR count). The summed E-state index contributed by atoms with van der Waals surface area (Å²) in [5.74, 6) is -0.0415. The molecule has 0 bridgehead atoms. The molecule has 0 saturated carbocycles. The van der Waals surface area contributed by atoms with E-state index in [2.05, 4.69) is 5.48 Å². The molecule has 2 aliphatic rings. The fourth-order valence-corrected chi connectivity index (χ4v) is 8.08. The molecule has 2 fully saturated rings. The number of hydrogen-bond acceptors (Lipinski definition) is 9. The zero-order chi connectivity index (χ0) is 27.5. The highest BCUT2D eigenvalue weighted by molar-refractivity contribution is 7.91. The fraction of sp³-hybridized carbons (Fsp3) is 0.542. The third kappa shape index (κ3) is 6.92. The Morgan fingerprint density at radius 2 is 1.82 bits per heavy atom. The topological polar surface area (TPSA) is 132 Å². The number of hydroxylamine groups is 1. The maximum Gasteiger partial charge on any atom is 0.263 e. The van der Waals surface area contributed by atoms with Crippen LogP contribution in [-0.2, 0) is 34.4 Å². The van der Waals surface area contributed by atoms with E-state index in [1.165, 1.54) is 6.07 Å². The Morgan fingerprint density at radius 3 is 2.45 bits per heavy atom. The lowest BCUT2D eigenvalue weighted by Crippen LogP contribution is -2.61. The number of benzene rings is 1. The van der Waals surface area contributed by atoms with E-state index in [1.54, 1.807) is 6.07 Å². The van der Waals surface area contributed by atoms with Gasteiger partial charge in [-0.3, -0.25) is 4.79 Å². The van der Waals surface area contributed by atoms with Gasteiger partial charge in [0.1, 0.15) is 16.0 Å². The standard InChI is InChI=1S/C24H33N3O8S3/c1-17(2)34-19-9-7-18(8-10-19)21-11-12-23(36-21)38(31,32)27-14-13-26(37(3,29)30)16-20(27)24(28)25-35-22-6-4-5-15-33-22/h7-12,17,20,22H,4-6,13-16H2,1-3H3,(H,25,28). The lowest BCUT2D eigenvalue weighted by atomic mass is 10.2. The lowest BCUT2D eigenvalue weighted by molar-refractivity contribution is -0.202. The van der Waals surface area contributed by atoms with Gasteiger partial charge in [0.2, 0.25) is 10.0 Å². The molecule has 2 saturated heterocycles. The third-order valence-electron chi connectivity index (χ3n) is 6.15.